The average Bonchev–Trinajstić information content (AvgIpc) is 2.85. The molecule has 2 aliphatic rings. The van der Waals surface area contributed by atoms with E-state index in [-0.39, 0.29) is 19.0 Å². The van der Waals surface area contributed by atoms with Crippen LogP contribution >= 0.6 is 0 Å². The molecule has 0 amide bonds. The Morgan fingerprint density at radius 3 is 1.25 bits per heavy atom. The van der Waals surface area contributed by atoms with E-state index in [9.17, 15) is 4.79 Å². The van der Waals surface area contributed by atoms with Crippen molar-refractivity contribution in [1.82, 2.24) is 9.80 Å². The fraction of sp³-hybridized carbons (Fsp3) is 0.480. The standard InChI is InChI=1S/C25H34N4O3/c30-19-17-26-9-13-28(14-10-26)23-5-1-21(2-6-23)25(32)22-3-7-24(8-4-22)29-15-11-27(12-16-29)18-20-31/h1-8,30-31H,9-20H2. The summed E-state index contributed by atoms with van der Waals surface area (Å²) in [5, 5.41) is 18.2. The summed E-state index contributed by atoms with van der Waals surface area (Å²) in [6.45, 7) is 9.42. The van der Waals surface area contributed by atoms with Gasteiger partial charge in [-0.25, -0.2) is 0 Å². The van der Waals surface area contributed by atoms with Gasteiger partial charge in [0.05, 0.1) is 13.2 Å². The van der Waals surface area contributed by atoms with Crippen molar-refractivity contribution in [2.75, 3.05) is 88.5 Å². The Kier molecular flexibility index (Phi) is 7.76. The lowest BCUT2D eigenvalue weighted by atomic mass is 10.0. The molecule has 0 spiro atoms. The molecule has 2 aliphatic heterocycles. The first-order valence-corrected chi connectivity index (χ1v) is 11.6. The summed E-state index contributed by atoms with van der Waals surface area (Å²) >= 11 is 0. The van der Waals surface area contributed by atoms with E-state index >= 15 is 0 Å². The van der Waals surface area contributed by atoms with Crippen molar-refractivity contribution in [3.05, 3.63) is 59.7 Å². The van der Waals surface area contributed by atoms with Crippen molar-refractivity contribution in [3.63, 3.8) is 0 Å². The molecule has 0 aromatic heterocycles. The Morgan fingerprint density at radius 1 is 0.594 bits per heavy atom. The zero-order valence-electron chi connectivity index (χ0n) is 18.7. The topological polar surface area (TPSA) is 70.5 Å². The van der Waals surface area contributed by atoms with Crippen molar-refractivity contribution in [1.29, 1.82) is 0 Å². The van der Waals surface area contributed by atoms with Gasteiger partial charge in [-0.05, 0) is 48.5 Å². The van der Waals surface area contributed by atoms with Crippen molar-refractivity contribution in [3.8, 4) is 0 Å². The Hall–Kier alpha value is -2.45. The number of hydrogen-bond donors (Lipinski definition) is 2. The second-order valence-electron chi connectivity index (χ2n) is 8.53. The summed E-state index contributed by atoms with van der Waals surface area (Å²) < 4.78 is 0. The zero-order chi connectivity index (χ0) is 22.3. The SMILES string of the molecule is O=C(c1ccc(N2CCN(CCO)CC2)cc1)c1ccc(N2CCN(CCO)CC2)cc1. The van der Waals surface area contributed by atoms with E-state index in [0.717, 1.165) is 76.8 Å². The number of rotatable bonds is 8. The number of aliphatic hydroxyl groups is 2. The number of nitrogens with zero attached hydrogens (tertiary/aromatic N) is 4. The van der Waals surface area contributed by atoms with Crippen LogP contribution in [0.15, 0.2) is 48.5 Å². The first-order valence-electron chi connectivity index (χ1n) is 11.6. The molecular formula is C25H34N4O3. The molecule has 2 fully saturated rings. The third kappa shape index (κ3) is 5.48. The van der Waals surface area contributed by atoms with E-state index in [0.29, 0.717) is 11.1 Å². The maximum absolute atomic E-state index is 13.0. The van der Waals surface area contributed by atoms with Crippen LogP contribution in [-0.4, -0.2) is 104 Å². The van der Waals surface area contributed by atoms with Crippen LogP contribution in [0.5, 0.6) is 0 Å². The minimum Gasteiger partial charge on any atom is -0.395 e. The Morgan fingerprint density at radius 2 is 0.938 bits per heavy atom. The second kappa shape index (κ2) is 10.9. The highest BCUT2D eigenvalue weighted by molar-refractivity contribution is 6.09. The zero-order valence-corrected chi connectivity index (χ0v) is 18.7. The Labute approximate surface area is 190 Å². The molecule has 7 nitrogen and oxygen atoms in total. The van der Waals surface area contributed by atoms with Crippen LogP contribution in [0.3, 0.4) is 0 Å². The van der Waals surface area contributed by atoms with Gasteiger partial charge in [0.15, 0.2) is 5.78 Å². The van der Waals surface area contributed by atoms with Crippen LogP contribution in [0.1, 0.15) is 15.9 Å². The molecule has 0 bridgehead atoms. The molecule has 2 aromatic carbocycles. The van der Waals surface area contributed by atoms with Crippen LogP contribution < -0.4 is 9.80 Å². The van der Waals surface area contributed by atoms with Gasteiger partial charge in [0.2, 0.25) is 0 Å². The average molecular weight is 439 g/mol. The number of benzene rings is 2. The summed E-state index contributed by atoms with van der Waals surface area (Å²) in [5.41, 5.74) is 3.69. The fourth-order valence-corrected chi connectivity index (χ4v) is 4.56. The maximum atomic E-state index is 13.0. The van der Waals surface area contributed by atoms with Gasteiger partial charge in [-0.1, -0.05) is 0 Å². The first kappa shape index (κ1) is 22.7. The number of aliphatic hydroxyl groups excluding tert-OH is 2. The second-order valence-corrected chi connectivity index (χ2v) is 8.53. The number of piperazine rings is 2. The lowest BCUT2D eigenvalue weighted by molar-refractivity contribution is 0.103. The van der Waals surface area contributed by atoms with Gasteiger partial charge >= 0.3 is 0 Å². The molecule has 2 heterocycles. The number of β-amino-alcohol motifs (C(OH)–C–C–N with tert-alkyl or cyclic N) is 2. The van der Waals surface area contributed by atoms with E-state index in [1.807, 2.05) is 48.5 Å². The van der Waals surface area contributed by atoms with E-state index in [4.69, 9.17) is 10.2 Å². The third-order valence-corrected chi connectivity index (χ3v) is 6.57. The maximum Gasteiger partial charge on any atom is 0.193 e. The summed E-state index contributed by atoms with van der Waals surface area (Å²) in [5.74, 6) is 0.0450. The fourth-order valence-electron chi connectivity index (χ4n) is 4.56. The normalized spacial score (nSPS) is 18.2. The lowest BCUT2D eigenvalue weighted by Crippen LogP contribution is -2.47. The van der Waals surface area contributed by atoms with E-state index in [1.54, 1.807) is 0 Å². The van der Waals surface area contributed by atoms with Gasteiger partial charge in [-0.2, -0.15) is 0 Å². The number of anilines is 2. The molecule has 0 radical (unpaired) electrons. The predicted molar refractivity (Wildman–Crippen MR) is 128 cm³/mol. The van der Waals surface area contributed by atoms with Gasteiger partial charge < -0.3 is 20.0 Å². The third-order valence-electron chi connectivity index (χ3n) is 6.57. The molecule has 2 aromatic rings. The quantitative estimate of drug-likeness (QED) is 0.599. The van der Waals surface area contributed by atoms with Gasteiger partial charge in [0.25, 0.3) is 0 Å². The van der Waals surface area contributed by atoms with Crippen molar-refractivity contribution >= 4 is 17.2 Å². The summed E-state index contributed by atoms with van der Waals surface area (Å²) in [6.07, 6.45) is 0. The molecule has 2 saturated heterocycles. The molecule has 0 aliphatic carbocycles. The van der Waals surface area contributed by atoms with E-state index < -0.39 is 0 Å². The molecule has 7 heteroatoms. The molecule has 0 saturated carbocycles. The molecule has 0 unspecified atom stereocenters. The monoisotopic (exact) mass is 438 g/mol. The van der Waals surface area contributed by atoms with Crippen LogP contribution in [0.4, 0.5) is 11.4 Å². The van der Waals surface area contributed by atoms with Crippen LogP contribution in [0.25, 0.3) is 0 Å². The van der Waals surface area contributed by atoms with E-state index in [2.05, 4.69) is 19.6 Å². The minimum atomic E-state index is 0.0450. The summed E-state index contributed by atoms with van der Waals surface area (Å²) in [4.78, 5) is 22.2. The molecular weight excluding hydrogens is 404 g/mol. The van der Waals surface area contributed by atoms with Gasteiger partial charge in [-0.15, -0.1) is 0 Å². The lowest BCUT2D eigenvalue weighted by Gasteiger charge is -2.36. The van der Waals surface area contributed by atoms with Crippen molar-refractivity contribution in [2.24, 2.45) is 0 Å². The largest absolute Gasteiger partial charge is 0.395 e. The number of carbonyl (C=O) groups excluding carboxylic acids is 1. The van der Waals surface area contributed by atoms with E-state index in [1.165, 1.54) is 0 Å². The molecule has 2 N–H and O–H groups in total. The van der Waals surface area contributed by atoms with Gasteiger partial charge in [0, 0.05) is 87.9 Å². The van der Waals surface area contributed by atoms with Crippen LogP contribution in [-0.2, 0) is 0 Å². The van der Waals surface area contributed by atoms with Crippen LogP contribution in [0.2, 0.25) is 0 Å². The highest BCUT2D eigenvalue weighted by Gasteiger charge is 2.19. The molecule has 172 valence electrons. The van der Waals surface area contributed by atoms with Crippen molar-refractivity contribution in [2.45, 2.75) is 0 Å². The molecule has 4 rings (SSSR count). The summed E-state index contributed by atoms with van der Waals surface area (Å²) in [7, 11) is 0. The highest BCUT2D eigenvalue weighted by atomic mass is 16.3. The van der Waals surface area contributed by atoms with Crippen molar-refractivity contribution < 1.29 is 15.0 Å². The smallest absolute Gasteiger partial charge is 0.193 e. The summed E-state index contributed by atoms with van der Waals surface area (Å²) in [6, 6.07) is 15.8. The first-order chi connectivity index (χ1) is 15.7. The number of ketones is 1. The van der Waals surface area contributed by atoms with Gasteiger partial charge in [0.1, 0.15) is 0 Å². The predicted octanol–water partition coefficient (Wildman–Crippen LogP) is 1.15. The molecule has 32 heavy (non-hydrogen) atoms. The Bertz CT molecular complexity index is 784. The minimum absolute atomic E-state index is 0.0450. The Balaban J connectivity index is 1.33. The number of hydrogen-bond acceptors (Lipinski definition) is 7. The van der Waals surface area contributed by atoms with Gasteiger partial charge in [-0.3, -0.25) is 14.6 Å². The van der Waals surface area contributed by atoms with Crippen LogP contribution in [0, 0.1) is 0 Å². The number of carbonyl (C=O) groups is 1. The molecule has 0 atom stereocenters. The highest BCUT2D eigenvalue weighted by Crippen LogP contribution is 2.21.